The molecule has 0 spiro atoms. The summed E-state index contributed by atoms with van der Waals surface area (Å²) in [5.41, 5.74) is 8.66. The Labute approximate surface area is 126 Å². The van der Waals surface area contributed by atoms with E-state index in [0.29, 0.717) is 0 Å². The van der Waals surface area contributed by atoms with Gasteiger partial charge in [-0.25, -0.2) is 0 Å². The van der Waals surface area contributed by atoms with Gasteiger partial charge in [0.1, 0.15) is 0 Å². The zero-order valence-corrected chi connectivity index (χ0v) is 12.7. The lowest BCUT2D eigenvalue weighted by Crippen LogP contribution is -2.10. The number of benzene rings is 2. The van der Waals surface area contributed by atoms with E-state index in [0.717, 1.165) is 30.8 Å². The van der Waals surface area contributed by atoms with Crippen molar-refractivity contribution in [2.75, 3.05) is 14.2 Å². The first-order valence-electron chi connectivity index (χ1n) is 7.26. The lowest BCUT2D eigenvalue weighted by molar-refractivity contribution is 0.354. The molecule has 0 unspecified atom stereocenters. The maximum Gasteiger partial charge on any atom is 0.160 e. The topological polar surface area (TPSA) is 44.5 Å². The highest BCUT2D eigenvalue weighted by molar-refractivity contribution is 5.42. The van der Waals surface area contributed by atoms with Crippen molar-refractivity contribution >= 4 is 0 Å². The quantitative estimate of drug-likeness (QED) is 0.843. The molecule has 2 N–H and O–H groups in total. The Morgan fingerprint density at radius 1 is 0.952 bits per heavy atom. The van der Waals surface area contributed by atoms with E-state index in [9.17, 15) is 0 Å². The van der Waals surface area contributed by atoms with Gasteiger partial charge in [0.05, 0.1) is 14.2 Å². The molecular weight excluding hydrogens is 262 g/mol. The highest BCUT2D eigenvalue weighted by atomic mass is 16.5. The third kappa shape index (κ3) is 4.23. The predicted octanol–water partition coefficient (Wildman–Crippen LogP) is 3.73. The summed E-state index contributed by atoms with van der Waals surface area (Å²) in [5, 5.41) is 0. The van der Waals surface area contributed by atoms with E-state index < -0.39 is 0 Å². The number of hydrogen-bond donors (Lipinski definition) is 1. The van der Waals surface area contributed by atoms with E-state index in [1.165, 1.54) is 11.1 Å². The molecule has 2 rings (SSSR count). The molecule has 0 radical (unpaired) electrons. The third-order valence-electron chi connectivity index (χ3n) is 3.66. The molecule has 3 nitrogen and oxygen atoms in total. The zero-order valence-electron chi connectivity index (χ0n) is 12.7. The molecule has 2 aromatic carbocycles. The third-order valence-corrected chi connectivity index (χ3v) is 3.66. The van der Waals surface area contributed by atoms with E-state index in [1.54, 1.807) is 14.2 Å². The molecule has 0 saturated carbocycles. The van der Waals surface area contributed by atoms with E-state index in [1.807, 2.05) is 30.3 Å². The Balaban J connectivity index is 1.89. The van der Waals surface area contributed by atoms with Gasteiger partial charge >= 0.3 is 0 Å². The van der Waals surface area contributed by atoms with Crippen LogP contribution in [0.15, 0.2) is 48.5 Å². The Bertz CT molecular complexity index is 554. The molecule has 0 fully saturated rings. The fourth-order valence-corrected chi connectivity index (χ4v) is 2.43. The number of nitrogens with two attached hydrogens (primary N) is 1. The Kier molecular flexibility index (Phi) is 5.64. The zero-order chi connectivity index (χ0) is 15.1. The second-order valence-corrected chi connectivity index (χ2v) is 5.10. The molecule has 21 heavy (non-hydrogen) atoms. The minimum atomic E-state index is 0.103. The Morgan fingerprint density at radius 2 is 1.67 bits per heavy atom. The monoisotopic (exact) mass is 285 g/mol. The summed E-state index contributed by atoms with van der Waals surface area (Å²) < 4.78 is 10.6. The van der Waals surface area contributed by atoms with Crippen molar-refractivity contribution in [3.63, 3.8) is 0 Å². The van der Waals surface area contributed by atoms with Gasteiger partial charge in [-0.15, -0.1) is 0 Å². The maximum atomic E-state index is 6.22. The standard InChI is InChI=1S/C18H23NO2/c1-20-17-12-11-14(13-18(17)21-2)7-6-10-16(19)15-8-4-3-5-9-15/h3-5,8-9,11-13,16H,6-7,10,19H2,1-2H3/t16-/m1/s1. The van der Waals surface area contributed by atoms with Crippen LogP contribution >= 0.6 is 0 Å². The molecule has 0 heterocycles. The normalized spacial score (nSPS) is 12.0. The van der Waals surface area contributed by atoms with Crippen LogP contribution in [0.3, 0.4) is 0 Å². The van der Waals surface area contributed by atoms with Crippen LogP contribution in [0.25, 0.3) is 0 Å². The molecule has 0 aliphatic rings. The molecule has 1 atom stereocenters. The van der Waals surface area contributed by atoms with E-state index in [-0.39, 0.29) is 6.04 Å². The first-order chi connectivity index (χ1) is 10.2. The summed E-state index contributed by atoms with van der Waals surface area (Å²) in [6.45, 7) is 0. The van der Waals surface area contributed by atoms with Crippen molar-refractivity contribution < 1.29 is 9.47 Å². The highest BCUT2D eigenvalue weighted by Crippen LogP contribution is 2.28. The van der Waals surface area contributed by atoms with Gasteiger partial charge in [0.15, 0.2) is 11.5 Å². The summed E-state index contributed by atoms with van der Waals surface area (Å²) in [6.07, 6.45) is 3.00. The second kappa shape index (κ2) is 7.70. The summed E-state index contributed by atoms with van der Waals surface area (Å²) in [4.78, 5) is 0. The lowest BCUT2D eigenvalue weighted by atomic mass is 10.00. The highest BCUT2D eigenvalue weighted by Gasteiger charge is 2.07. The fraction of sp³-hybridized carbons (Fsp3) is 0.333. The molecule has 0 amide bonds. The van der Waals surface area contributed by atoms with Crippen LogP contribution in [0.4, 0.5) is 0 Å². The molecule has 0 aliphatic carbocycles. The summed E-state index contributed by atoms with van der Waals surface area (Å²) in [6, 6.07) is 16.4. The maximum absolute atomic E-state index is 6.22. The van der Waals surface area contributed by atoms with Crippen molar-refractivity contribution in [3.8, 4) is 11.5 Å². The van der Waals surface area contributed by atoms with Gasteiger partial charge in [-0.3, -0.25) is 0 Å². The predicted molar refractivity (Wildman–Crippen MR) is 85.9 cm³/mol. The van der Waals surface area contributed by atoms with Crippen LogP contribution in [-0.4, -0.2) is 14.2 Å². The van der Waals surface area contributed by atoms with Gasteiger partial charge in [-0.1, -0.05) is 36.4 Å². The van der Waals surface area contributed by atoms with E-state index in [2.05, 4.69) is 18.2 Å². The molecule has 0 aliphatic heterocycles. The molecule has 112 valence electrons. The van der Waals surface area contributed by atoms with Gasteiger partial charge in [0.25, 0.3) is 0 Å². The smallest absolute Gasteiger partial charge is 0.160 e. The van der Waals surface area contributed by atoms with Crippen LogP contribution < -0.4 is 15.2 Å². The van der Waals surface area contributed by atoms with Crippen LogP contribution in [0.5, 0.6) is 11.5 Å². The van der Waals surface area contributed by atoms with Crippen molar-refractivity contribution in [1.82, 2.24) is 0 Å². The van der Waals surface area contributed by atoms with Gasteiger partial charge in [-0.2, -0.15) is 0 Å². The summed E-state index contributed by atoms with van der Waals surface area (Å²) >= 11 is 0. The SMILES string of the molecule is COc1ccc(CCC[C@@H](N)c2ccccc2)cc1OC. The minimum Gasteiger partial charge on any atom is -0.493 e. The average molecular weight is 285 g/mol. The van der Waals surface area contributed by atoms with Crippen LogP contribution in [0.1, 0.15) is 30.0 Å². The lowest BCUT2D eigenvalue weighted by Gasteiger charge is -2.13. The summed E-state index contributed by atoms with van der Waals surface area (Å²) in [5.74, 6) is 1.55. The average Bonchev–Trinajstić information content (AvgIpc) is 2.55. The Hall–Kier alpha value is -2.00. The largest absolute Gasteiger partial charge is 0.493 e. The molecule has 2 aromatic rings. The van der Waals surface area contributed by atoms with E-state index >= 15 is 0 Å². The molecule has 0 aromatic heterocycles. The minimum absolute atomic E-state index is 0.103. The van der Waals surface area contributed by atoms with Crippen LogP contribution in [0, 0.1) is 0 Å². The summed E-state index contributed by atoms with van der Waals surface area (Å²) in [7, 11) is 3.31. The van der Waals surface area contributed by atoms with Gasteiger partial charge < -0.3 is 15.2 Å². The van der Waals surface area contributed by atoms with Gasteiger partial charge in [0, 0.05) is 6.04 Å². The fourth-order valence-electron chi connectivity index (χ4n) is 2.43. The first kappa shape index (κ1) is 15.4. The van der Waals surface area contributed by atoms with Crippen molar-refractivity contribution in [2.45, 2.75) is 25.3 Å². The second-order valence-electron chi connectivity index (χ2n) is 5.10. The number of rotatable bonds is 7. The van der Waals surface area contributed by atoms with Crippen molar-refractivity contribution in [2.24, 2.45) is 5.73 Å². The molecular formula is C18H23NO2. The Morgan fingerprint density at radius 3 is 2.33 bits per heavy atom. The van der Waals surface area contributed by atoms with Crippen LogP contribution in [-0.2, 0) is 6.42 Å². The van der Waals surface area contributed by atoms with Crippen molar-refractivity contribution in [1.29, 1.82) is 0 Å². The van der Waals surface area contributed by atoms with Crippen LogP contribution in [0.2, 0.25) is 0 Å². The molecule has 0 bridgehead atoms. The first-order valence-corrected chi connectivity index (χ1v) is 7.26. The van der Waals surface area contributed by atoms with Gasteiger partial charge in [0.2, 0.25) is 0 Å². The van der Waals surface area contributed by atoms with E-state index in [4.69, 9.17) is 15.2 Å². The number of methoxy groups -OCH3 is 2. The number of aryl methyl sites for hydroxylation is 1. The van der Waals surface area contributed by atoms with Gasteiger partial charge in [-0.05, 0) is 42.5 Å². The molecule has 3 heteroatoms. The number of ether oxygens (including phenoxy) is 2. The molecule has 0 saturated heterocycles. The van der Waals surface area contributed by atoms with Crippen molar-refractivity contribution in [3.05, 3.63) is 59.7 Å². The number of hydrogen-bond acceptors (Lipinski definition) is 3.